The Balaban J connectivity index is 2.56. The zero-order valence-corrected chi connectivity index (χ0v) is 11.6. The van der Waals surface area contributed by atoms with E-state index in [1.807, 2.05) is 0 Å². The molecule has 0 N–H and O–H groups in total. The smallest absolute Gasteiger partial charge is 0.299 e. The van der Waals surface area contributed by atoms with E-state index in [1.54, 1.807) is 0 Å². The number of hydrogen-bond acceptors (Lipinski definition) is 2. The highest BCUT2D eigenvalue weighted by molar-refractivity contribution is 9.11. The highest BCUT2D eigenvalue weighted by atomic mass is 79.9. The van der Waals surface area contributed by atoms with Crippen LogP contribution in [0.3, 0.4) is 0 Å². The minimum absolute atomic E-state index is 0.138. The van der Waals surface area contributed by atoms with Crippen LogP contribution in [0.1, 0.15) is 10.4 Å². The molecule has 0 aliphatic carbocycles. The summed E-state index contributed by atoms with van der Waals surface area (Å²) in [6.45, 7) is 3.74. The highest BCUT2D eigenvalue weighted by Gasteiger charge is 2.36. The lowest BCUT2D eigenvalue weighted by atomic mass is 10.1. The molecule has 0 spiro atoms. The average molecular weight is 363 g/mol. The van der Waals surface area contributed by atoms with Gasteiger partial charge in [0.2, 0.25) is 0 Å². The Morgan fingerprint density at radius 2 is 2.06 bits per heavy atom. The number of carbonyl (C=O) groups is 2. The van der Waals surface area contributed by atoms with Crippen LogP contribution in [0.15, 0.2) is 27.7 Å². The molecule has 0 saturated carbocycles. The molecular weight excluding hydrogens is 357 g/mol. The molecule has 1 heterocycles. The monoisotopic (exact) mass is 361 g/mol. The Bertz CT molecular complexity index is 557. The van der Waals surface area contributed by atoms with Crippen molar-refractivity contribution in [1.29, 1.82) is 0 Å². The Labute approximate surface area is 114 Å². The van der Waals surface area contributed by atoms with E-state index in [0.717, 1.165) is 6.07 Å². The maximum absolute atomic E-state index is 13.4. The lowest BCUT2D eigenvalue weighted by Gasteiger charge is -2.15. The maximum Gasteiger partial charge on any atom is 0.299 e. The standard InChI is InChI=1S/C11H6Br2FNO2/c1-5(12)4-15-9-3-8(14)7(13)2-6(9)10(16)11(15)17/h2-3H,1,4H2. The van der Waals surface area contributed by atoms with Crippen LogP contribution in [0.2, 0.25) is 0 Å². The second-order valence-electron chi connectivity index (χ2n) is 3.52. The quantitative estimate of drug-likeness (QED) is 0.758. The van der Waals surface area contributed by atoms with E-state index in [1.165, 1.54) is 11.0 Å². The lowest BCUT2D eigenvalue weighted by molar-refractivity contribution is -0.114. The highest BCUT2D eigenvalue weighted by Crippen LogP contribution is 2.33. The molecule has 0 radical (unpaired) electrons. The van der Waals surface area contributed by atoms with Gasteiger partial charge in [-0.05, 0) is 28.1 Å². The van der Waals surface area contributed by atoms with Crippen molar-refractivity contribution < 1.29 is 14.0 Å². The number of carbonyl (C=O) groups excluding carboxylic acids is 2. The van der Waals surface area contributed by atoms with E-state index in [-0.39, 0.29) is 22.3 Å². The number of Topliss-reactive ketones (excluding diaryl/α,β-unsaturated/α-hetero) is 1. The molecule has 6 heteroatoms. The molecule has 17 heavy (non-hydrogen) atoms. The fraction of sp³-hybridized carbons (Fsp3) is 0.0909. The summed E-state index contributed by atoms with van der Waals surface area (Å²) in [6, 6.07) is 2.49. The molecule has 0 saturated heterocycles. The molecule has 1 aliphatic heterocycles. The molecular formula is C11H6Br2FNO2. The van der Waals surface area contributed by atoms with E-state index < -0.39 is 17.5 Å². The Morgan fingerprint density at radius 1 is 1.41 bits per heavy atom. The van der Waals surface area contributed by atoms with Crippen LogP contribution < -0.4 is 4.90 Å². The first-order valence-corrected chi connectivity index (χ1v) is 6.19. The first-order valence-electron chi connectivity index (χ1n) is 4.60. The van der Waals surface area contributed by atoms with Gasteiger partial charge in [-0.25, -0.2) is 4.39 Å². The molecule has 0 fully saturated rings. The summed E-state index contributed by atoms with van der Waals surface area (Å²) in [6.07, 6.45) is 0. The molecule has 1 aromatic rings. The molecule has 1 aliphatic rings. The van der Waals surface area contributed by atoms with Gasteiger partial charge in [0.05, 0.1) is 22.3 Å². The van der Waals surface area contributed by atoms with Gasteiger partial charge in [0.1, 0.15) is 5.82 Å². The van der Waals surface area contributed by atoms with Crippen molar-refractivity contribution >= 4 is 49.2 Å². The van der Waals surface area contributed by atoms with E-state index in [2.05, 4.69) is 38.4 Å². The van der Waals surface area contributed by atoms with Crippen molar-refractivity contribution in [1.82, 2.24) is 0 Å². The molecule has 3 nitrogen and oxygen atoms in total. The van der Waals surface area contributed by atoms with E-state index in [9.17, 15) is 14.0 Å². The van der Waals surface area contributed by atoms with Crippen LogP contribution in [-0.2, 0) is 4.79 Å². The van der Waals surface area contributed by atoms with Crippen molar-refractivity contribution in [3.63, 3.8) is 0 Å². The Hall–Kier alpha value is -1.01. The summed E-state index contributed by atoms with van der Waals surface area (Å²) in [5.74, 6) is -1.82. The number of ketones is 1. The van der Waals surface area contributed by atoms with E-state index in [4.69, 9.17) is 0 Å². The number of anilines is 1. The molecule has 1 amide bonds. The third-order valence-electron chi connectivity index (χ3n) is 2.34. The third-order valence-corrected chi connectivity index (χ3v) is 3.20. The minimum Gasteiger partial charge on any atom is -0.300 e. The van der Waals surface area contributed by atoms with Crippen molar-refractivity contribution in [2.75, 3.05) is 11.4 Å². The number of halogens is 3. The topological polar surface area (TPSA) is 37.4 Å². The predicted octanol–water partition coefficient (Wildman–Crippen LogP) is 3.03. The van der Waals surface area contributed by atoms with Crippen molar-refractivity contribution in [3.8, 4) is 0 Å². The van der Waals surface area contributed by atoms with Crippen LogP contribution in [0.5, 0.6) is 0 Å². The SMILES string of the molecule is C=C(Br)CN1C(=O)C(=O)c2cc(Br)c(F)cc21. The number of hydrogen-bond donors (Lipinski definition) is 0. The van der Waals surface area contributed by atoms with Gasteiger partial charge in [-0.1, -0.05) is 22.5 Å². The second kappa shape index (κ2) is 4.34. The fourth-order valence-corrected chi connectivity index (χ4v) is 2.21. The van der Waals surface area contributed by atoms with Crippen molar-refractivity contribution in [2.45, 2.75) is 0 Å². The van der Waals surface area contributed by atoms with E-state index in [0.29, 0.717) is 4.48 Å². The van der Waals surface area contributed by atoms with Crippen LogP contribution in [0.4, 0.5) is 10.1 Å². The second-order valence-corrected chi connectivity index (χ2v) is 5.50. The first kappa shape index (κ1) is 12.4. The summed E-state index contributed by atoms with van der Waals surface area (Å²) in [4.78, 5) is 24.6. The van der Waals surface area contributed by atoms with Crippen molar-refractivity contribution in [2.24, 2.45) is 0 Å². The number of rotatable bonds is 2. The zero-order chi connectivity index (χ0) is 12.7. The van der Waals surface area contributed by atoms with Crippen LogP contribution >= 0.6 is 31.9 Å². The zero-order valence-electron chi connectivity index (χ0n) is 8.47. The third kappa shape index (κ3) is 2.07. The molecule has 1 aromatic carbocycles. The van der Waals surface area contributed by atoms with Gasteiger partial charge in [0.15, 0.2) is 0 Å². The molecule has 2 rings (SSSR count). The maximum atomic E-state index is 13.4. The number of benzene rings is 1. The average Bonchev–Trinajstić information content (AvgIpc) is 2.45. The summed E-state index contributed by atoms with van der Waals surface area (Å²) >= 11 is 6.10. The summed E-state index contributed by atoms with van der Waals surface area (Å²) in [5, 5.41) is 0. The number of amides is 1. The van der Waals surface area contributed by atoms with E-state index >= 15 is 0 Å². The Morgan fingerprint density at radius 3 is 2.65 bits per heavy atom. The van der Waals surface area contributed by atoms with Gasteiger partial charge in [-0.3, -0.25) is 14.5 Å². The molecule has 0 bridgehead atoms. The van der Waals surface area contributed by atoms with Crippen LogP contribution in [-0.4, -0.2) is 18.2 Å². The van der Waals surface area contributed by atoms with Crippen molar-refractivity contribution in [3.05, 3.63) is 39.0 Å². The summed E-state index contributed by atoms with van der Waals surface area (Å²) in [7, 11) is 0. The van der Waals surface area contributed by atoms with Gasteiger partial charge in [0.25, 0.3) is 11.7 Å². The largest absolute Gasteiger partial charge is 0.300 e. The summed E-state index contributed by atoms with van der Waals surface area (Å²) < 4.78 is 14.1. The van der Waals surface area contributed by atoms with Crippen LogP contribution in [0, 0.1) is 5.82 Å². The van der Waals surface area contributed by atoms with Gasteiger partial charge in [-0.15, -0.1) is 0 Å². The molecule has 0 unspecified atom stereocenters. The molecule has 0 atom stereocenters. The van der Waals surface area contributed by atoms with Gasteiger partial charge < -0.3 is 0 Å². The number of fused-ring (bicyclic) bond motifs is 1. The first-order chi connectivity index (χ1) is 7.91. The number of nitrogens with zero attached hydrogens (tertiary/aromatic N) is 1. The van der Waals surface area contributed by atoms with Gasteiger partial charge in [0, 0.05) is 4.48 Å². The molecule has 88 valence electrons. The van der Waals surface area contributed by atoms with Crippen LogP contribution in [0.25, 0.3) is 0 Å². The lowest BCUT2D eigenvalue weighted by Crippen LogP contribution is -2.30. The van der Waals surface area contributed by atoms with Gasteiger partial charge in [-0.2, -0.15) is 0 Å². The minimum atomic E-state index is -0.668. The summed E-state index contributed by atoms with van der Waals surface area (Å²) in [5.41, 5.74) is 0.485. The Kier molecular flexibility index (Phi) is 3.18. The molecule has 0 aromatic heterocycles. The normalized spacial score (nSPS) is 14.2. The fourth-order valence-electron chi connectivity index (χ4n) is 1.62. The predicted molar refractivity (Wildman–Crippen MR) is 68.9 cm³/mol. The van der Waals surface area contributed by atoms with Gasteiger partial charge >= 0.3 is 0 Å².